The van der Waals surface area contributed by atoms with Crippen LogP contribution in [0.1, 0.15) is 18.4 Å². The number of nitrogens with two attached hydrogens (primary N) is 1. The Hall–Kier alpha value is -2.39. The SMILES string of the molecule is NC(=O)CCC(C(=O)O)N1C(=O)/C(=C/c2ccccc2O)SC1=S. The number of benzene rings is 1. The molecule has 0 saturated carbocycles. The van der Waals surface area contributed by atoms with Crippen molar-refractivity contribution in [3.05, 3.63) is 34.7 Å². The molecule has 0 aromatic heterocycles. The lowest BCUT2D eigenvalue weighted by Crippen LogP contribution is -2.44. The minimum atomic E-state index is -1.27. The Morgan fingerprint density at radius 2 is 2.04 bits per heavy atom. The van der Waals surface area contributed by atoms with Crippen LogP contribution in [-0.4, -0.2) is 43.3 Å². The fourth-order valence-corrected chi connectivity index (χ4v) is 3.49. The molecular formula is C15H14N2O5S2. The first-order valence-electron chi connectivity index (χ1n) is 6.87. The molecule has 0 spiro atoms. The molecule has 1 unspecified atom stereocenters. The van der Waals surface area contributed by atoms with Crippen LogP contribution in [0, 0.1) is 0 Å². The standard InChI is InChI=1S/C15H14N2O5S2/c16-12(19)6-5-9(14(21)22)17-13(20)11(24-15(17)23)7-8-3-1-2-4-10(8)18/h1-4,7,9,18H,5-6H2,(H2,16,19)(H,21,22)/b11-7-. The predicted octanol–water partition coefficient (Wildman–Crippen LogP) is 1.31. The number of thiocarbonyl (C=S) groups is 1. The Labute approximate surface area is 147 Å². The number of carbonyl (C=O) groups is 3. The molecule has 1 saturated heterocycles. The van der Waals surface area contributed by atoms with Gasteiger partial charge in [-0.2, -0.15) is 0 Å². The number of para-hydroxylation sites is 1. The monoisotopic (exact) mass is 366 g/mol. The van der Waals surface area contributed by atoms with Crippen molar-refractivity contribution in [2.45, 2.75) is 18.9 Å². The third-order valence-electron chi connectivity index (χ3n) is 3.31. The number of aliphatic carboxylic acids is 1. The lowest BCUT2D eigenvalue weighted by Gasteiger charge is -2.22. The molecule has 2 rings (SSSR count). The van der Waals surface area contributed by atoms with Crippen molar-refractivity contribution in [2.24, 2.45) is 5.73 Å². The van der Waals surface area contributed by atoms with E-state index >= 15 is 0 Å². The molecule has 1 fully saturated rings. The molecule has 2 amide bonds. The normalized spacial score (nSPS) is 17.3. The molecule has 1 aliphatic heterocycles. The van der Waals surface area contributed by atoms with E-state index in [0.29, 0.717) is 5.56 Å². The first-order valence-corrected chi connectivity index (χ1v) is 8.10. The number of phenols is 1. The average molecular weight is 366 g/mol. The van der Waals surface area contributed by atoms with Crippen LogP contribution in [0.15, 0.2) is 29.2 Å². The molecule has 0 radical (unpaired) electrons. The fourth-order valence-electron chi connectivity index (χ4n) is 2.14. The van der Waals surface area contributed by atoms with Crippen LogP contribution in [0.3, 0.4) is 0 Å². The number of thioether (sulfide) groups is 1. The molecule has 24 heavy (non-hydrogen) atoms. The van der Waals surface area contributed by atoms with Gasteiger partial charge in [-0.1, -0.05) is 42.2 Å². The summed E-state index contributed by atoms with van der Waals surface area (Å²) in [5.41, 5.74) is 5.46. The third kappa shape index (κ3) is 3.92. The highest BCUT2D eigenvalue weighted by Gasteiger charge is 2.40. The highest BCUT2D eigenvalue weighted by atomic mass is 32.2. The van der Waals surface area contributed by atoms with Gasteiger partial charge >= 0.3 is 5.97 Å². The first-order chi connectivity index (χ1) is 11.3. The molecule has 0 aliphatic carbocycles. The van der Waals surface area contributed by atoms with Crippen LogP contribution in [0.25, 0.3) is 6.08 Å². The van der Waals surface area contributed by atoms with Crippen LogP contribution in [0.2, 0.25) is 0 Å². The van der Waals surface area contributed by atoms with E-state index < -0.39 is 23.8 Å². The maximum absolute atomic E-state index is 12.5. The van der Waals surface area contributed by atoms with Gasteiger partial charge in [0.05, 0.1) is 4.91 Å². The number of carboxylic acid groups (broad SMARTS) is 1. The van der Waals surface area contributed by atoms with Crippen molar-refractivity contribution >= 4 is 52.2 Å². The van der Waals surface area contributed by atoms with Gasteiger partial charge in [0.1, 0.15) is 16.1 Å². The molecule has 1 aliphatic rings. The minimum absolute atomic E-state index is 0.00807. The molecule has 1 atom stereocenters. The highest BCUT2D eigenvalue weighted by Crippen LogP contribution is 2.35. The van der Waals surface area contributed by atoms with E-state index in [0.717, 1.165) is 16.7 Å². The minimum Gasteiger partial charge on any atom is -0.507 e. The van der Waals surface area contributed by atoms with Gasteiger partial charge in [0.25, 0.3) is 5.91 Å². The largest absolute Gasteiger partial charge is 0.507 e. The second-order valence-electron chi connectivity index (χ2n) is 4.97. The topological polar surface area (TPSA) is 121 Å². The van der Waals surface area contributed by atoms with Crippen molar-refractivity contribution in [3.63, 3.8) is 0 Å². The van der Waals surface area contributed by atoms with E-state index in [1.807, 2.05) is 0 Å². The van der Waals surface area contributed by atoms with E-state index in [2.05, 4.69) is 0 Å². The van der Waals surface area contributed by atoms with Crippen molar-refractivity contribution in [1.29, 1.82) is 0 Å². The molecule has 9 heteroatoms. The Morgan fingerprint density at radius 1 is 1.38 bits per heavy atom. The molecule has 1 aromatic rings. The van der Waals surface area contributed by atoms with Crippen molar-refractivity contribution in [1.82, 2.24) is 4.90 Å². The maximum atomic E-state index is 12.5. The summed E-state index contributed by atoms with van der Waals surface area (Å²) in [7, 11) is 0. The number of carbonyl (C=O) groups excluding carboxylic acids is 2. The van der Waals surface area contributed by atoms with Gasteiger partial charge in [-0.3, -0.25) is 14.5 Å². The Kier molecular flexibility index (Phi) is 5.58. The molecular weight excluding hydrogens is 352 g/mol. The lowest BCUT2D eigenvalue weighted by molar-refractivity contribution is -0.145. The second kappa shape index (κ2) is 7.45. The van der Waals surface area contributed by atoms with E-state index in [9.17, 15) is 24.6 Å². The van der Waals surface area contributed by atoms with E-state index in [4.69, 9.17) is 18.0 Å². The number of rotatable bonds is 6. The maximum Gasteiger partial charge on any atom is 0.326 e. The van der Waals surface area contributed by atoms with E-state index in [-0.39, 0.29) is 27.8 Å². The Morgan fingerprint density at radius 3 is 2.62 bits per heavy atom. The summed E-state index contributed by atoms with van der Waals surface area (Å²) in [5, 5.41) is 19.1. The summed E-state index contributed by atoms with van der Waals surface area (Å²) < 4.78 is 0.0820. The Bertz CT molecular complexity index is 747. The van der Waals surface area contributed by atoms with Crippen molar-refractivity contribution < 1.29 is 24.6 Å². The van der Waals surface area contributed by atoms with Crippen LogP contribution < -0.4 is 5.73 Å². The zero-order valence-corrected chi connectivity index (χ0v) is 14.0. The van der Waals surface area contributed by atoms with Crippen molar-refractivity contribution in [3.8, 4) is 5.75 Å². The number of aromatic hydroxyl groups is 1. The van der Waals surface area contributed by atoms with Gasteiger partial charge in [-0.05, 0) is 18.6 Å². The first kappa shape index (κ1) is 18.0. The van der Waals surface area contributed by atoms with Gasteiger partial charge in [-0.15, -0.1) is 0 Å². The smallest absolute Gasteiger partial charge is 0.326 e. The average Bonchev–Trinajstić information content (AvgIpc) is 2.77. The zero-order valence-electron chi connectivity index (χ0n) is 12.3. The van der Waals surface area contributed by atoms with Crippen LogP contribution in [0.5, 0.6) is 5.75 Å². The second-order valence-corrected chi connectivity index (χ2v) is 6.65. The number of amides is 2. The third-order valence-corrected chi connectivity index (χ3v) is 4.64. The van der Waals surface area contributed by atoms with Gasteiger partial charge in [0.2, 0.25) is 5.91 Å². The van der Waals surface area contributed by atoms with Crippen molar-refractivity contribution in [2.75, 3.05) is 0 Å². The van der Waals surface area contributed by atoms with Gasteiger partial charge in [0, 0.05) is 12.0 Å². The highest BCUT2D eigenvalue weighted by molar-refractivity contribution is 8.26. The number of hydrogen-bond acceptors (Lipinski definition) is 6. The van der Waals surface area contributed by atoms with Gasteiger partial charge in [0.15, 0.2) is 0 Å². The zero-order chi connectivity index (χ0) is 17.9. The van der Waals surface area contributed by atoms with Gasteiger partial charge in [-0.25, -0.2) is 4.79 Å². The fraction of sp³-hybridized carbons (Fsp3) is 0.200. The molecule has 1 heterocycles. The summed E-state index contributed by atoms with van der Waals surface area (Å²) in [6.07, 6.45) is 1.15. The quantitative estimate of drug-likeness (QED) is 0.513. The molecule has 0 bridgehead atoms. The van der Waals surface area contributed by atoms with Crippen LogP contribution in [0.4, 0.5) is 0 Å². The molecule has 4 N–H and O–H groups in total. The number of hydrogen-bond donors (Lipinski definition) is 3. The summed E-state index contributed by atoms with van der Waals surface area (Å²) in [6.45, 7) is 0. The number of nitrogens with zero attached hydrogens (tertiary/aromatic N) is 1. The summed E-state index contributed by atoms with van der Waals surface area (Å²) in [6, 6.07) is 5.16. The summed E-state index contributed by atoms with van der Waals surface area (Å²) in [5.74, 6) is -2.51. The molecule has 126 valence electrons. The lowest BCUT2D eigenvalue weighted by atomic mass is 10.1. The van der Waals surface area contributed by atoms with Crippen LogP contribution >= 0.6 is 24.0 Å². The van der Waals surface area contributed by atoms with E-state index in [1.54, 1.807) is 18.2 Å². The molecule has 1 aromatic carbocycles. The number of primary amides is 1. The van der Waals surface area contributed by atoms with E-state index in [1.165, 1.54) is 12.1 Å². The summed E-state index contributed by atoms with van der Waals surface area (Å²) >= 11 is 6.05. The van der Waals surface area contributed by atoms with Gasteiger partial charge < -0.3 is 15.9 Å². The predicted molar refractivity (Wildman–Crippen MR) is 93.0 cm³/mol. The number of carboxylic acids is 1. The Balaban J connectivity index is 2.28. The van der Waals surface area contributed by atoms with Crippen LogP contribution in [-0.2, 0) is 14.4 Å². The number of phenolic OH excluding ortho intramolecular Hbond substituents is 1. The molecule has 7 nitrogen and oxygen atoms in total. The summed E-state index contributed by atoms with van der Waals surface area (Å²) in [4.78, 5) is 36.0.